The molecule has 0 spiro atoms. The van der Waals surface area contributed by atoms with Crippen LogP contribution in [-0.4, -0.2) is 54.7 Å². The second-order valence-corrected chi connectivity index (χ2v) is 10.8. The van der Waals surface area contributed by atoms with Crippen molar-refractivity contribution in [2.24, 2.45) is 0 Å². The Balaban J connectivity index is 1.42. The summed E-state index contributed by atoms with van der Waals surface area (Å²) < 4.78 is 32.4. The van der Waals surface area contributed by atoms with Crippen LogP contribution < -0.4 is 0 Å². The maximum atomic E-state index is 12.9. The first-order valence-corrected chi connectivity index (χ1v) is 12.4. The first kappa shape index (κ1) is 22.8. The van der Waals surface area contributed by atoms with Gasteiger partial charge in [0.1, 0.15) is 5.52 Å². The molecule has 1 aliphatic heterocycles. The van der Waals surface area contributed by atoms with Gasteiger partial charge in [0.15, 0.2) is 11.5 Å². The van der Waals surface area contributed by atoms with Crippen molar-refractivity contribution in [1.82, 2.24) is 14.2 Å². The number of carbonyl (C=O) groups is 1. The highest BCUT2D eigenvalue weighted by molar-refractivity contribution is 7.89. The van der Waals surface area contributed by atoms with Gasteiger partial charge in [0.25, 0.3) is 5.91 Å². The SMILES string of the molecule is CC(C)N(C)S(=O)(=O)c1ccc(C(=O)N2CCC(c3nc4cc(Cl)ccc4o3)CC2)cc1. The number of hydrogen-bond donors (Lipinski definition) is 0. The maximum absolute atomic E-state index is 12.9. The van der Waals surface area contributed by atoms with E-state index >= 15 is 0 Å². The number of benzene rings is 2. The number of carbonyl (C=O) groups excluding carboxylic acids is 1. The minimum absolute atomic E-state index is 0.103. The molecule has 32 heavy (non-hydrogen) atoms. The van der Waals surface area contributed by atoms with Crippen LogP contribution in [0.5, 0.6) is 0 Å². The molecule has 0 aliphatic carbocycles. The molecular formula is C23H26ClN3O4S. The van der Waals surface area contributed by atoms with Gasteiger partial charge in [0.2, 0.25) is 10.0 Å². The lowest BCUT2D eigenvalue weighted by molar-refractivity contribution is 0.0706. The Hall–Kier alpha value is -2.42. The van der Waals surface area contributed by atoms with Gasteiger partial charge in [-0.2, -0.15) is 4.31 Å². The molecule has 0 radical (unpaired) electrons. The average Bonchev–Trinajstić information content (AvgIpc) is 3.21. The number of amides is 1. The van der Waals surface area contributed by atoms with Crippen molar-refractivity contribution >= 4 is 38.6 Å². The summed E-state index contributed by atoms with van der Waals surface area (Å²) in [4.78, 5) is 19.5. The van der Waals surface area contributed by atoms with Gasteiger partial charge in [0, 0.05) is 42.7 Å². The number of hydrogen-bond acceptors (Lipinski definition) is 5. The Kier molecular flexibility index (Phi) is 6.29. The van der Waals surface area contributed by atoms with Crippen LogP contribution in [0.3, 0.4) is 0 Å². The number of oxazole rings is 1. The van der Waals surface area contributed by atoms with Crippen molar-refractivity contribution < 1.29 is 17.6 Å². The van der Waals surface area contributed by atoms with E-state index < -0.39 is 10.0 Å². The first-order chi connectivity index (χ1) is 15.2. The lowest BCUT2D eigenvalue weighted by atomic mass is 9.96. The summed E-state index contributed by atoms with van der Waals surface area (Å²) in [6.45, 7) is 4.79. The number of aromatic nitrogens is 1. The Bertz CT molecular complexity index is 1230. The Morgan fingerprint density at radius 1 is 1.16 bits per heavy atom. The molecule has 3 aromatic rings. The number of rotatable bonds is 5. The third-order valence-electron chi connectivity index (χ3n) is 6.00. The molecule has 0 N–H and O–H groups in total. The summed E-state index contributed by atoms with van der Waals surface area (Å²) in [6.07, 6.45) is 1.50. The summed E-state index contributed by atoms with van der Waals surface area (Å²) >= 11 is 6.03. The Morgan fingerprint density at radius 3 is 2.44 bits per heavy atom. The van der Waals surface area contributed by atoms with Gasteiger partial charge in [0.05, 0.1) is 4.90 Å². The second kappa shape index (κ2) is 8.84. The Labute approximate surface area is 193 Å². The first-order valence-electron chi connectivity index (χ1n) is 10.6. The lowest BCUT2D eigenvalue weighted by Gasteiger charge is -2.30. The number of nitrogens with zero attached hydrogens (tertiary/aromatic N) is 3. The van der Waals surface area contributed by atoms with Crippen LogP contribution >= 0.6 is 11.6 Å². The molecule has 0 unspecified atom stereocenters. The standard InChI is InChI=1S/C23H26ClN3O4S/c1-15(2)26(3)32(29,30)19-7-4-17(5-8-19)23(28)27-12-10-16(11-13-27)22-25-20-14-18(24)6-9-21(20)31-22/h4-9,14-16H,10-13H2,1-3H3. The lowest BCUT2D eigenvalue weighted by Crippen LogP contribution is -2.38. The molecule has 1 aliphatic rings. The topological polar surface area (TPSA) is 83.7 Å². The van der Waals surface area contributed by atoms with Gasteiger partial charge in [-0.15, -0.1) is 0 Å². The normalized spacial score (nSPS) is 15.8. The molecule has 1 amide bonds. The fraction of sp³-hybridized carbons (Fsp3) is 0.391. The van der Waals surface area contributed by atoms with Crippen molar-refractivity contribution in [3.63, 3.8) is 0 Å². The summed E-state index contributed by atoms with van der Waals surface area (Å²) in [7, 11) is -2.02. The van der Waals surface area contributed by atoms with E-state index in [2.05, 4.69) is 4.98 Å². The monoisotopic (exact) mass is 475 g/mol. The van der Waals surface area contributed by atoms with Crippen molar-refractivity contribution in [2.75, 3.05) is 20.1 Å². The Morgan fingerprint density at radius 2 is 1.81 bits per heavy atom. The van der Waals surface area contributed by atoms with Gasteiger partial charge in [-0.3, -0.25) is 4.79 Å². The summed E-state index contributed by atoms with van der Waals surface area (Å²) in [6, 6.07) is 11.4. The van der Waals surface area contributed by atoms with Crippen LogP contribution in [0, 0.1) is 0 Å². The third kappa shape index (κ3) is 4.40. The summed E-state index contributed by atoms with van der Waals surface area (Å²) in [5.41, 5.74) is 1.93. The van der Waals surface area contributed by atoms with Gasteiger partial charge < -0.3 is 9.32 Å². The largest absolute Gasteiger partial charge is 0.440 e. The van der Waals surface area contributed by atoms with E-state index in [1.165, 1.54) is 16.4 Å². The van der Waals surface area contributed by atoms with Crippen LogP contribution in [0.2, 0.25) is 5.02 Å². The molecule has 170 valence electrons. The molecule has 1 saturated heterocycles. The van der Waals surface area contributed by atoms with E-state index in [0.29, 0.717) is 35.1 Å². The molecular weight excluding hydrogens is 450 g/mol. The van der Waals surface area contributed by atoms with E-state index in [1.54, 1.807) is 36.2 Å². The fourth-order valence-corrected chi connectivity index (χ4v) is 5.35. The molecule has 2 heterocycles. The predicted octanol–water partition coefficient (Wildman–Crippen LogP) is 4.53. The maximum Gasteiger partial charge on any atom is 0.253 e. The average molecular weight is 476 g/mol. The molecule has 0 saturated carbocycles. The molecule has 1 fully saturated rings. The van der Waals surface area contributed by atoms with Crippen LogP contribution in [0.4, 0.5) is 0 Å². The van der Waals surface area contributed by atoms with Gasteiger partial charge in [-0.05, 0) is 69.2 Å². The van der Waals surface area contributed by atoms with Crippen molar-refractivity contribution in [2.45, 2.75) is 43.5 Å². The number of halogens is 1. The van der Waals surface area contributed by atoms with E-state index in [9.17, 15) is 13.2 Å². The highest BCUT2D eigenvalue weighted by Crippen LogP contribution is 2.31. The minimum Gasteiger partial charge on any atom is -0.440 e. The molecule has 0 bridgehead atoms. The van der Waals surface area contributed by atoms with Crippen molar-refractivity contribution in [1.29, 1.82) is 0 Å². The van der Waals surface area contributed by atoms with Gasteiger partial charge >= 0.3 is 0 Å². The van der Waals surface area contributed by atoms with Gasteiger partial charge in [-0.25, -0.2) is 13.4 Å². The molecule has 0 atom stereocenters. The van der Waals surface area contributed by atoms with Crippen LogP contribution in [0.15, 0.2) is 51.8 Å². The molecule has 9 heteroatoms. The molecule has 2 aromatic carbocycles. The van der Waals surface area contributed by atoms with Crippen molar-refractivity contribution in [3.8, 4) is 0 Å². The predicted molar refractivity (Wildman–Crippen MR) is 123 cm³/mol. The quantitative estimate of drug-likeness (QED) is 0.541. The summed E-state index contributed by atoms with van der Waals surface area (Å²) in [5, 5.41) is 0.618. The van der Waals surface area contributed by atoms with E-state index in [1.807, 2.05) is 19.9 Å². The van der Waals surface area contributed by atoms with E-state index in [-0.39, 0.29) is 22.8 Å². The number of fused-ring (bicyclic) bond motifs is 1. The van der Waals surface area contributed by atoms with Crippen molar-refractivity contribution in [3.05, 3.63) is 58.9 Å². The van der Waals surface area contributed by atoms with E-state index in [4.69, 9.17) is 16.0 Å². The zero-order valence-corrected chi connectivity index (χ0v) is 19.9. The minimum atomic E-state index is -3.57. The fourth-order valence-electron chi connectivity index (χ4n) is 3.82. The van der Waals surface area contributed by atoms with Crippen LogP contribution in [0.25, 0.3) is 11.1 Å². The zero-order valence-electron chi connectivity index (χ0n) is 18.3. The highest BCUT2D eigenvalue weighted by Gasteiger charge is 2.28. The van der Waals surface area contributed by atoms with Crippen LogP contribution in [0.1, 0.15) is 48.9 Å². The van der Waals surface area contributed by atoms with Gasteiger partial charge in [-0.1, -0.05) is 11.6 Å². The number of piperidine rings is 1. The summed E-state index contributed by atoms with van der Waals surface area (Å²) in [5.74, 6) is 0.719. The zero-order chi connectivity index (χ0) is 23.0. The number of sulfonamides is 1. The molecule has 1 aromatic heterocycles. The molecule has 4 rings (SSSR count). The van der Waals surface area contributed by atoms with E-state index in [0.717, 1.165) is 18.4 Å². The molecule has 7 nitrogen and oxygen atoms in total. The van der Waals surface area contributed by atoms with Crippen LogP contribution in [-0.2, 0) is 10.0 Å². The number of likely N-dealkylation sites (tertiary alicyclic amines) is 1. The third-order valence-corrected chi connectivity index (χ3v) is 8.29. The smallest absolute Gasteiger partial charge is 0.253 e. The highest BCUT2D eigenvalue weighted by atomic mass is 35.5. The second-order valence-electron chi connectivity index (χ2n) is 8.37.